The van der Waals surface area contributed by atoms with E-state index in [0.29, 0.717) is 47.3 Å². The first-order chi connectivity index (χ1) is 31.6. The molecule has 352 valence electrons. The Kier molecular flexibility index (Phi) is 17.9. The van der Waals surface area contributed by atoms with Gasteiger partial charge in [-0.1, -0.05) is 0 Å². The molecule has 6 rings (SSSR count). The number of benzene rings is 6. The van der Waals surface area contributed by atoms with Gasteiger partial charge in [0.15, 0.2) is 0 Å². The third-order valence-electron chi connectivity index (χ3n) is 13.8. The van der Waals surface area contributed by atoms with Gasteiger partial charge in [-0.3, -0.25) is 0 Å². The molecule has 0 saturated heterocycles. The standard InChI is InChI=1S/2C30H37.C3H9NSi.2Sn/c2*1-19(2)25-14-10-15-26(20(3)4)29(25)23-12-9-13-24(18-23)30-27(21(5)6)16-11-17-28(30)22(7)8;1-5(2,3)4;;/h2*9-17,19-22H,1-8H3;1-3H3;;. The van der Waals surface area contributed by atoms with Crippen LogP contribution >= 0.6 is 0 Å². The van der Waals surface area contributed by atoms with Crippen LogP contribution in [0.1, 0.15) is 203 Å². The summed E-state index contributed by atoms with van der Waals surface area (Å²) in [7, 11) is -1.95. The first-order valence-corrected chi connectivity index (χ1v) is 34.5. The first kappa shape index (κ1) is 53.4. The van der Waals surface area contributed by atoms with Crippen molar-refractivity contribution < 1.29 is 0 Å². The second-order valence-corrected chi connectivity index (χ2v) is 40.3. The van der Waals surface area contributed by atoms with Crippen LogP contribution in [0.5, 0.6) is 0 Å². The molecule has 0 N–H and O–H groups in total. The zero-order valence-electron chi connectivity index (χ0n) is 45.0. The van der Waals surface area contributed by atoms with Gasteiger partial charge in [-0.25, -0.2) is 0 Å². The molecule has 0 saturated carbocycles. The Morgan fingerprint density at radius 2 is 0.448 bits per heavy atom. The van der Waals surface area contributed by atoms with E-state index in [4.69, 9.17) is 0 Å². The van der Waals surface area contributed by atoms with Gasteiger partial charge in [0.2, 0.25) is 0 Å². The average molecular weight is 1120 g/mol. The fourth-order valence-electron chi connectivity index (χ4n) is 10.2. The molecule has 0 aliphatic rings. The predicted molar refractivity (Wildman–Crippen MR) is 303 cm³/mol. The number of hydrogen-bond acceptors (Lipinski definition) is 1. The Balaban J connectivity index is 1.78. The van der Waals surface area contributed by atoms with Crippen molar-refractivity contribution in [2.24, 2.45) is 0 Å². The third kappa shape index (κ3) is 11.5. The molecule has 0 spiro atoms. The topological polar surface area (TPSA) is 3.24 Å². The number of hydrogen-bond donors (Lipinski definition) is 0. The normalized spacial score (nSPS) is 12.5. The van der Waals surface area contributed by atoms with Crippen LogP contribution in [-0.2, 0) is 0 Å². The van der Waals surface area contributed by atoms with E-state index in [2.05, 4.69) is 241 Å². The van der Waals surface area contributed by atoms with Crippen molar-refractivity contribution in [3.63, 3.8) is 0 Å². The van der Waals surface area contributed by atoms with Gasteiger partial charge < -0.3 is 0 Å². The summed E-state index contributed by atoms with van der Waals surface area (Å²) in [5.41, 5.74) is 23.9. The quantitative estimate of drug-likeness (QED) is 0.0823. The maximum atomic E-state index is 3.31. The molecule has 4 heteroatoms. The third-order valence-corrected chi connectivity index (χ3v) is 38.1. The monoisotopic (exact) mass is 1120 g/mol. The van der Waals surface area contributed by atoms with Crippen molar-refractivity contribution >= 4 is 58.2 Å². The molecule has 1 nitrogen and oxygen atoms in total. The predicted octanol–water partition coefficient (Wildman–Crippen LogP) is 17.7. The zero-order chi connectivity index (χ0) is 49.2. The molecule has 0 atom stereocenters. The minimum absolute atomic E-state index is 0.413. The van der Waals surface area contributed by atoms with E-state index in [1.807, 2.05) is 0 Å². The summed E-state index contributed by atoms with van der Waals surface area (Å²) in [6.07, 6.45) is 0. The van der Waals surface area contributed by atoms with Gasteiger partial charge in [-0.05, 0) is 0 Å². The van der Waals surface area contributed by atoms with Crippen LogP contribution in [0, 0.1) is 0 Å². The van der Waals surface area contributed by atoms with Gasteiger partial charge in [-0.2, -0.15) is 0 Å². The van der Waals surface area contributed by atoms with Gasteiger partial charge >= 0.3 is 435 Å². The summed E-state index contributed by atoms with van der Waals surface area (Å²) in [6.45, 7) is 46.5. The summed E-state index contributed by atoms with van der Waals surface area (Å²) in [6, 6.07) is 43.7. The molecule has 0 amide bonds. The fourth-order valence-corrected chi connectivity index (χ4v) is 28.7. The van der Waals surface area contributed by atoms with Crippen molar-refractivity contribution in [2.75, 3.05) is 0 Å². The Morgan fingerprint density at radius 3 is 0.597 bits per heavy atom. The fraction of sp³-hybridized carbons (Fsp3) is 0.429. The van der Waals surface area contributed by atoms with Crippen LogP contribution in [0.2, 0.25) is 19.6 Å². The van der Waals surface area contributed by atoms with Crippen molar-refractivity contribution in [3.05, 3.63) is 154 Å². The van der Waals surface area contributed by atoms with Crippen molar-refractivity contribution in [1.82, 2.24) is 1.01 Å². The summed E-state index contributed by atoms with van der Waals surface area (Å²) < 4.78 is 6.66. The van der Waals surface area contributed by atoms with E-state index < -0.39 is 51.1 Å². The van der Waals surface area contributed by atoms with Crippen molar-refractivity contribution in [1.29, 1.82) is 0 Å². The molecule has 0 bridgehead atoms. The summed E-state index contributed by atoms with van der Waals surface area (Å²) >= 11 is -3.05. The van der Waals surface area contributed by atoms with Gasteiger partial charge in [-0.15, -0.1) is 0 Å². The van der Waals surface area contributed by atoms with Crippen LogP contribution in [0.4, 0.5) is 0 Å². The number of rotatable bonds is 17. The molecule has 0 unspecified atom stereocenters. The van der Waals surface area contributed by atoms with E-state index in [9.17, 15) is 0 Å². The zero-order valence-corrected chi connectivity index (χ0v) is 51.7. The second kappa shape index (κ2) is 22.5. The SMILES string of the molecule is CC(C)c1cccc(C(C)C)c1-c1cccc(-c2c(C(C)C)cccc2C(C)C)[c]1[Sn][N]([Sn][c]1c(-c2c(C(C)C)cccc2C(C)C)cccc1-c1c(C(C)C)cccc1C(C)C)[Si](C)(C)C. The Morgan fingerprint density at radius 1 is 0.284 bits per heavy atom. The Bertz CT molecular complexity index is 2210. The second-order valence-electron chi connectivity index (χ2n) is 22.7. The molecule has 67 heavy (non-hydrogen) atoms. The molecular weight excluding hydrogens is 1040 g/mol. The number of nitrogens with zero attached hydrogens (tertiary/aromatic N) is 1. The molecule has 0 aliphatic heterocycles. The molecule has 0 heterocycles. The van der Waals surface area contributed by atoms with E-state index >= 15 is 0 Å². The van der Waals surface area contributed by atoms with Gasteiger partial charge in [0.05, 0.1) is 0 Å². The van der Waals surface area contributed by atoms with E-state index in [1.54, 1.807) is 7.16 Å². The summed E-state index contributed by atoms with van der Waals surface area (Å²) in [4.78, 5) is 0. The van der Waals surface area contributed by atoms with Gasteiger partial charge in [0, 0.05) is 0 Å². The Labute approximate surface area is 431 Å². The van der Waals surface area contributed by atoms with Crippen molar-refractivity contribution in [3.8, 4) is 44.5 Å². The molecular formula is C63H83NSiSn2. The molecule has 4 radical (unpaired) electrons. The van der Waals surface area contributed by atoms with Crippen LogP contribution in [0.3, 0.4) is 0 Å². The van der Waals surface area contributed by atoms with E-state index in [0.717, 1.165) is 0 Å². The molecule has 0 fully saturated rings. The molecule has 6 aromatic carbocycles. The van der Waals surface area contributed by atoms with Crippen LogP contribution < -0.4 is 7.16 Å². The Hall–Kier alpha value is -2.91. The summed E-state index contributed by atoms with van der Waals surface area (Å²) in [5.74, 6) is 3.30. The average Bonchev–Trinajstić information content (AvgIpc) is 3.27. The minimum atomic E-state index is -1.95. The summed E-state index contributed by atoms with van der Waals surface area (Å²) in [5, 5.41) is 0. The molecule has 0 aromatic heterocycles. The van der Waals surface area contributed by atoms with Crippen LogP contribution in [0.15, 0.2) is 109 Å². The van der Waals surface area contributed by atoms with Crippen LogP contribution in [-0.4, -0.2) is 52.1 Å². The molecule has 6 aromatic rings. The van der Waals surface area contributed by atoms with Gasteiger partial charge in [0.25, 0.3) is 0 Å². The van der Waals surface area contributed by atoms with E-state index in [1.165, 1.54) is 89.0 Å². The van der Waals surface area contributed by atoms with Crippen molar-refractivity contribution in [2.45, 2.75) is 178 Å². The van der Waals surface area contributed by atoms with Gasteiger partial charge in [0.1, 0.15) is 0 Å². The molecule has 0 aliphatic carbocycles. The van der Waals surface area contributed by atoms with E-state index in [-0.39, 0.29) is 0 Å². The van der Waals surface area contributed by atoms with Crippen LogP contribution in [0.25, 0.3) is 44.5 Å². The maximum absolute atomic E-state index is 3.31. The first-order valence-electron chi connectivity index (χ1n) is 25.7.